The van der Waals surface area contributed by atoms with Gasteiger partial charge in [0.25, 0.3) is 5.91 Å². The van der Waals surface area contributed by atoms with Crippen LogP contribution in [-0.4, -0.2) is 27.2 Å². The number of carbonyl (C=O) groups excluding carboxylic acids is 1. The monoisotopic (exact) mass is 313 g/mol. The molecule has 5 heteroatoms. The first-order chi connectivity index (χ1) is 10.4. The molecule has 1 aromatic carbocycles. The van der Waals surface area contributed by atoms with E-state index in [1.165, 1.54) is 0 Å². The van der Waals surface area contributed by atoms with Crippen LogP contribution < -0.4 is 4.90 Å². The summed E-state index contributed by atoms with van der Waals surface area (Å²) in [4.78, 5) is 24.5. The lowest BCUT2D eigenvalue weighted by Crippen LogP contribution is -2.44. The van der Waals surface area contributed by atoms with Crippen molar-refractivity contribution in [3.05, 3.63) is 47.5 Å². The average molecular weight is 313 g/mol. The molecule has 0 radical (unpaired) electrons. The lowest BCUT2D eigenvalue weighted by molar-refractivity contribution is 0.0982. The van der Waals surface area contributed by atoms with Gasteiger partial charge >= 0.3 is 0 Å². The van der Waals surface area contributed by atoms with Gasteiger partial charge in [-0.1, -0.05) is 12.1 Å². The van der Waals surface area contributed by atoms with Crippen LogP contribution in [0.1, 0.15) is 35.7 Å². The molecule has 1 amide bonds. The van der Waals surface area contributed by atoms with Gasteiger partial charge in [-0.25, -0.2) is 9.97 Å². The second kappa shape index (κ2) is 5.39. The summed E-state index contributed by atoms with van der Waals surface area (Å²) >= 11 is 1.81. The highest BCUT2D eigenvalue weighted by molar-refractivity contribution is 8.00. The molecule has 0 atom stereocenters. The number of carbonyl (C=O) groups is 1. The summed E-state index contributed by atoms with van der Waals surface area (Å²) in [6.07, 6.45) is 1.64. The van der Waals surface area contributed by atoms with Crippen molar-refractivity contribution in [2.24, 2.45) is 0 Å². The first-order valence-electron chi connectivity index (χ1n) is 7.27. The van der Waals surface area contributed by atoms with Crippen LogP contribution in [0.5, 0.6) is 0 Å². The fourth-order valence-corrected chi connectivity index (χ4v) is 3.90. The van der Waals surface area contributed by atoms with Gasteiger partial charge in [-0.3, -0.25) is 4.79 Å². The zero-order valence-electron chi connectivity index (χ0n) is 13.3. The summed E-state index contributed by atoms with van der Waals surface area (Å²) in [5.41, 5.74) is 2.27. The Morgan fingerprint density at radius 3 is 2.73 bits per heavy atom. The molecule has 2 aromatic rings. The van der Waals surface area contributed by atoms with Gasteiger partial charge in [0, 0.05) is 22.4 Å². The Hall–Kier alpha value is -1.88. The van der Waals surface area contributed by atoms with E-state index in [9.17, 15) is 4.79 Å². The van der Waals surface area contributed by atoms with Crippen molar-refractivity contribution in [3.8, 4) is 0 Å². The lowest BCUT2D eigenvalue weighted by atomic mass is 10.1. The first kappa shape index (κ1) is 15.0. The number of anilines is 1. The molecule has 1 aliphatic rings. The molecule has 3 rings (SSSR count). The quantitative estimate of drug-likeness (QED) is 0.806. The van der Waals surface area contributed by atoms with Crippen LogP contribution in [0.4, 0.5) is 5.69 Å². The first-order valence-corrected chi connectivity index (χ1v) is 8.09. The van der Waals surface area contributed by atoms with Crippen molar-refractivity contribution in [1.29, 1.82) is 0 Å². The Kier molecular flexibility index (Phi) is 3.68. The van der Waals surface area contributed by atoms with Gasteiger partial charge in [0.1, 0.15) is 5.82 Å². The van der Waals surface area contributed by atoms with Crippen LogP contribution in [0, 0.1) is 13.8 Å². The van der Waals surface area contributed by atoms with Crippen molar-refractivity contribution < 1.29 is 4.79 Å². The Labute approximate surface area is 135 Å². The third-order valence-corrected chi connectivity index (χ3v) is 4.90. The molecule has 0 fully saturated rings. The number of nitrogens with zero attached hydrogens (tertiary/aromatic N) is 3. The number of rotatable bonds is 1. The van der Waals surface area contributed by atoms with E-state index in [1.807, 2.05) is 48.7 Å². The summed E-state index contributed by atoms with van der Waals surface area (Å²) in [6.45, 7) is 8.68. The minimum Gasteiger partial charge on any atom is -0.306 e. The summed E-state index contributed by atoms with van der Waals surface area (Å²) < 4.78 is -0.0243. The molecule has 0 N–H and O–H groups in total. The molecule has 0 unspecified atom stereocenters. The van der Waals surface area contributed by atoms with E-state index in [0.29, 0.717) is 17.9 Å². The van der Waals surface area contributed by atoms with Crippen molar-refractivity contribution in [3.63, 3.8) is 0 Å². The molecular formula is C17H19N3OS. The van der Waals surface area contributed by atoms with Gasteiger partial charge in [0.05, 0.1) is 16.9 Å². The van der Waals surface area contributed by atoms with Crippen LogP contribution in [0.25, 0.3) is 0 Å². The lowest BCUT2D eigenvalue weighted by Gasteiger charge is -2.38. The predicted octanol–water partition coefficient (Wildman–Crippen LogP) is 3.62. The Bertz CT molecular complexity index is 742. The van der Waals surface area contributed by atoms with Crippen LogP contribution in [0.15, 0.2) is 35.4 Å². The molecular weight excluding hydrogens is 294 g/mol. The van der Waals surface area contributed by atoms with Crippen LogP contribution in [-0.2, 0) is 0 Å². The highest BCUT2D eigenvalue weighted by Gasteiger charge is 2.34. The molecule has 114 valence electrons. The Morgan fingerprint density at radius 1 is 1.27 bits per heavy atom. The van der Waals surface area contributed by atoms with Crippen LogP contribution >= 0.6 is 11.8 Å². The van der Waals surface area contributed by atoms with E-state index in [4.69, 9.17) is 0 Å². The standard InChI is InChI=1S/C17H19N3OS/c1-11-13(9-18-12(2)19-11)16(21)20-10-17(3,4)22-15-8-6-5-7-14(15)20/h5-9H,10H2,1-4H3. The second-order valence-electron chi connectivity index (χ2n) is 6.14. The molecule has 1 aromatic heterocycles. The normalized spacial score (nSPS) is 16.3. The summed E-state index contributed by atoms with van der Waals surface area (Å²) in [5, 5.41) is 0. The number of fused-ring (bicyclic) bond motifs is 1. The zero-order chi connectivity index (χ0) is 15.9. The molecule has 0 saturated carbocycles. The summed E-state index contributed by atoms with van der Waals surface area (Å²) in [5.74, 6) is 0.655. The van der Waals surface area contributed by atoms with Crippen molar-refractivity contribution in [2.75, 3.05) is 11.4 Å². The molecule has 4 nitrogen and oxygen atoms in total. The molecule has 0 bridgehead atoms. The Morgan fingerprint density at radius 2 is 2.00 bits per heavy atom. The number of aromatic nitrogens is 2. The number of hydrogen-bond acceptors (Lipinski definition) is 4. The maximum Gasteiger partial charge on any atom is 0.261 e. The second-order valence-corrected chi connectivity index (χ2v) is 7.89. The smallest absolute Gasteiger partial charge is 0.261 e. The van der Waals surface area contributed by atoms with E-state index in [0.717, 1.165) is 16.3 Å². The predicted molar refractivity (Wildman–Crippen MR) is 89.6 cm³/mol. The molecule has 2 heterocycles. The Balaban J connectivity index is 2.05. The maximum absolute atomic E-state index is 13.0. The van der Waals surface area contributed by atoms with Gasteiger partial charge in [0.15, 0.2) is 0 Å². The number of hydrogen-bond donors (Lipinski definition) is 0. The molecule has 0 saturated heterocycles. The van der Waals surface area contributed by atoms with Gasteiger partial charge in [-0.2, -0.15) is 0 Å². The van der Waals surface area contributed by atoms with Crippen molar-refractivity contribution in [2.45, 2.75) is 37.3 Å². The maximum atomic E-state index is 13.0. The van der Waals surface area contributed by atoms with Gasteiger partial charge in [-0.15, -0.1) is 11.8 Å². The third kappa shape index (κ3) is 2.73. The fraction of sp³-hybridized carbons (Fsp3) is 0.353. The number of aryl methyl sites for hydroxylation is 2. The van der Waals surface area contributed by atoms with Gasteiger partial charge < -0.3 is 4.90 Å². The van der Waals surface area contributed by atoms with E-state index >= 15 is 0 Å². The number of benzene rings is 1. The van der Waals surface area contributed by atoms with Crippen LogP contribution in [0.3, 0.4) is 0 Å². The SMILES string of the molecule is Cc1ncc(C(=O)N2CC(C)(C)Sc3ccccc32)c(C)n1. The zero-order valence-corrected chi connectivity index (χ0v) is 14.1. The van der Waals surface area contributed by atoms with Gasteiger partial charge in [0.2, 0.25) is 0 Å². The van der Waals surface area contributed by atoms with E-state index in [1.54, 1.807) is 6.20 Å². The van der Waals surface area contributed by atoms with Crippen molar-refractivity contribution in [1.82, 2.24) is 9.97 Å². The molecule has 0 aliphatic carbocycles. The largest absolute Gasteiger partial charge is 0.306 e. The molecule has 0 spiro atoms. The third-order valence-electron chi connectivity index (χ3n) is 3.66. The van der Waals surface area contributed by atoms with E-state index < -0.39 is 0 Å². The van der Waals surface area contributed by atoms with E-state index in [2.05, 4.69) is 29.9 Å². The average Bonchev–Trinajstić information content (AvgIpc) is 2.44. The molecule has 22 heavy (non-hydrogen) atoms. The topological polar surface area (TPSA) is 46.1 Å². The summed E-state index contributed by atoms with van der Waals surface area (Å²) in [6, 6.07) is 8.05. The van der Waals surface area contributed by atoms with E-state index in [-0.39, 0.29) is 10.7 Å². The minimum absolute atomic E-state index is 0.0243. The number of amides is 1. The summed E-state index contributed by atoms with van der Waals surface area (Å²) in [7, 11) is 0. The molecule has 1 aliphatic heterocycles. The minimum atomic E-state index is -0.0293. The van der Waals surface area contributed by atoms with Crippen LogP contribution in [0.2, 0.25) is 0 Å². The highest BCUT2D eigenvalue weighted by Crippen LogP contribution is 2.44. The van der Waals surface area contributed by atoms with Crippen molar-refractivity contribution >= 4 is 23.4 Å². The highest BCUT2D eigenvalue weighted by atomic mass is 32.2. The fourth-order valence-electron chi connectivity index (χ4n) is 2.68. The number of thioether (sulfide) groups is 1. The van der Waals surface area contributed by atoms with Gasteiger partial charge in [-0.05, 0) is 39.8 Å². The number of para-hydroxylation sites is 1.